The quantitative estimate of drug-likeness (QED) is 0.510. The molecule has 2 heteroatoms. The Balaban J connectivity index is 4.10. The Morgan fingerprint density at radius 2 is 2.10 bits per heavy atom. The van der Waals surface area contributed by atoms with Crippen molar-refractivity contribution in [3.05, 3.63) is 11.8 Å². The highest BCUT2D eigenvalue weighted by atomic mass is 79.9. The Kier molecular flexibility index (Phi) is 4.02. The molecule has 60 valence electrons. The Bertz CT molecular complexity index is 122. The summed E-state index contributed by atoms with van der Waals surface area (Å²) in [5.41, 5.74) is 0. The van der Waals surface area contributed by atoms with Crippen LogP contribution in [0.3, 0.4) is 0 Å². The van der Waals surface area contributed by atoms with Gasteiger partial charge >= 0.3 is 0 Å². The molecule has 0 aromatic carbocycles. The molecule has 0 aliphatic carbocycles. The molecule has 0 N–H and O–H groups in total. The second-order valence-corrected chi connectivity index (χ2v) is 4.54. The second-order valence-electron chi connectivity index (χ2n) is 2.56. The highest BCUT2D eigenvalue weighted by Gasteiger charge is 2.19. The van der Waals surface area contributed by atoms with E-state index < -0.39 is 0 Å². The summed E-state index contributed by atoms with van der Waals surface area (Å²) in [5.74, 6) is 0.995. The van der Waals surface area contributed by atoms with Crippen LogP contribution in [0.2, 0.25) is 0 Å². The maximum Gasteiger partial charge on any atom is 0.108 e. The molecule has 0 aromatic rings. The van der Waals surface area contributed by atoms with Gasteiger partial charge in [0.25, 0.3) is 0 Å². The molecule has 0 heterocycles. The van der Waals surface area contributed by atoms with Crippen LogP contribution in [-0.2, 0) is 4.74 Å². The monoisotopic (exact) mass is 206 g/mol. The molecule has 0 amide bonds. The first-order chi connectivity index (χ1) is 4.52. The smallest absolute Gasteiger partial charge is 0.108 e. The molecular formula is C8H15BrO. The van der Waals surface area contributed by atoms with E-state index in [4.69, 9.17) is 4.74 Å². The van der Waals surface area contributed by atoms with E-state index in [1.807, 2.05) is 19.9 Å². The van der Waals surface area contributed by atoms with Gasteiger partial charge in [0.1, 0.15) is 5.76 Å². The van der Waals surface area contributed by atoms with Gasteiger partial charge in [-0.25, -0.2) is 0 Å². The minimum atomic E-state index is -0.0300. The van der Waals surface area contributed by atoms with Gasteiger partial charge in [0.05, 0.1) is 10.9 Å². The van der Waals surface area contributed by atoms with Crippen molar-refractivity contribution >= 4 is 15.9 Å². The van der Waals surface area contributed by atoms with E-state index in [2.05, 4.69) is 29.8 Å². The zero-order valence-electron chi connectivity index (χ0n) is 7.07. The summed E-state index contributed by atoms with van der Waals surface area (Å²) < 4.78 is 5.34. The van der Waals surface area contributed by atoms with Crippen LogP contribution in [0, 0.1) is 0 Å². The standard InChI is InChI=1S/C8H15BrO/c1-5-7(10-6-2)8(3,4)9/h5H,6H2,1-4H3. The Hall–Kier alpha value is 0.0200. The lowest BCUT2D eigenvalue weighted by Crippen LogP contribution is -2.15. The van der Waals surface area contributed by atoms with Crippen LogP contribution in [-0.4, -0.2) is 10.9 Å². The molecule has 0 aromatic heterocycles. The van der Waals surface area contributed by atoms with E-state index in [0.717, 1.165) is 12.4 Å². The maximum absolute atomic E-state index is 5.37. The summed E-state index contributed by atoms with van der Waals surface area (Å²) in [6, 6.07) is 0. The van der Waals surface area contributed by atoms with Gasteiger partial charge in [-0.3, -0.25) is 0 Å². The molecule has 0 atom stereocenters. The van der Waals surface area contributed by atoms with Gasteiger partial charge in [-0.05, 0) is 33.8 Å². The van der Waals surface area contributed by atoms with Crippen LogP contribution in [0.1, 0.15) is 27.7 Å². The van der Waals surface area contributed by atoms with Crippen molar-refractivity contribution in [2.45, 2.75) is 32.0 Å². The lowest BCUT2D eigenvalue weighted by molar-refractivity contribution is 0.208. The van der Waals surface area contributed by atoms with Crippen LogP contribution in [0.5, 0.6) is 0 Å². The molecule has 0 saturated carbocycles. The molecular weight excluding hydrogens is 192 g/mol. The van der Waals surface area contributed by atoms with Gasteiger partial charge in [0.15, 0.2) is 0 Å². The molecule has 0 saturated heterocycles. The van der Waals surface area contributed by atoms with Crippen molar-refractivity contribution < 1.29 is 4.74 Å². The van der Waals surface area contributed by atoms with Gasteiger partial charge in [0.2, 0.25) is 0 Å². The third kappa shape index (κ3) is 3.25. The number of rotatable bonds is 3. The number of alkyl halides is 1. The lowest BCUT2D eigenvalue weighted by atomic mass is 10.1. The Labute approximate surface area is 71.6 Å². The van der Waals surface area contributed by atoms with Crippen LogP contribution < -0.4 is 0 Å². The number of hydrogen-bond donors (Lipinski definition) is 0. The molecule has 0 spiro atoms. The van der Waals surface area contributed by atoms with E-state index >= 15 is 0 Å². The zero-order valence-corrected chi connectivity index (χ0v) is 8.66. The summed E-state index contributed by atoms with van der Waals surface area (Å²) in [4.78, 5) is 0. The van der Waals surface area contributed by atoms with E-state index in [9.17, 15) is 0 Å². The fourth-order valence-corrected chi connectivity index (χ4v) is 1.10. The molecule has 0 aliphatic rings. The number of allylic oxidation sites excluding steroid dienone is 2. The number of ether oxygens (including phenoxy) is 1. The maximum atomic E-state index is 5.37. The van der Waals surface area contributed by atoms with E-state index in [0.29, 0.717) is 0 Å². The highest BCUT2D eigenvalue weighted by Crippen LogP contribution is 2.26. The van der Waals surface area contributed by atoms with Crippen molar-refractivity contribution in [3.8, 4) is 0 Å². The van der Waals surface area contributed by atoms with Crippen LogP contribution in [0.4, 0.5) is 0 Å². The molecule has 0 aliphatic heterocycles. The average Bonchev–Trinajstić information content (AvgIpc) is 1.80. The van der Waals surface area contributed by atoms with Gasteiger partial charge in [-0.2, -0.15) is 0 Å². The first kappa shape index (κ1) is 10.0. The number of halogens is 1. The van der Waals surface area contributed by atoms with Crippen molar-refractivity contribution in [2.75, 3.05) is 6.61 Å². The molecule has 0 unspecified atom stereocenters. The predicted molar refractivity (Wildman–Crippen MR) is 48.4 cm³/mol. The molecule has 0 radical (unpaired) electrons. The average molecular weight is 207 g/mol. The van der Waals surface area contributed by atoms with Crippen molar-refractivity contribution in [3.63, 3.8) is 0 Å². The zero-order chi connectivity index (χ0) is 8.20. The van der Waals surface area contributed by atoms with E-state index in [1.54, 1.807) is 0 Å². The molecule has 0 bridgehead atoms. The largest absolute Gasteiger partial charge is 0.497 e. The first-order valence-electron chi connectivity index (χ1n) is 3.50. The Morgan fingerprint density at radius 1 is 1.60 bits per heavy atom. The Morgan fingerprint density at radius 3 is 2.20 bits per heavy atom. The van der Waals surface area contributed by atoms with E-state index in [1.165, 1.54) is 0 Å². The van der Waals surface area contributed by atoms with Crippen LogP contribution >= 0.6 is 15.9 Å². The lowest BCUT2D eigenvalue weighted by Gasteiger charge is -2.20. The third-order valence-electron chi connectivity index (χ3n) is 1.15. The minimum Gasteiger partial charge on any atom is -0.497 e. The van der Waals surface area contributed by atoms with Crippen LogP contribution in [0.15, 0.2) is 11.8 Å². The summed E-state index contributed by atoms with van der Waals surface area (Å²) in [7, 11) is 0. The number of hydrogen-bond acceptors (Lipinski definition) is 1. The van der Waals surface area contributed by atoms with E-state index in [-0.39, 0.29) is 4.32 Å². The molecule has 0 rings (SSSR count). The summed E-state index contributed by atoms with van der Waals surface area (Å²) in [5, 5.41) is 0. The SMILES string of the molecule is CC=C(OCC)C(C)(C)Br. The fourth-order valence-electron chi connectivity index (χ4n) is 0.754. The first-order valence-corrected chi connectivity index (χ1v) is 4.30. The van der Waals surface area contributed by atoms with Crippen molar-refractivity contribution in [1.82, 2.24) is 0 Å². The minimum absolute atomic E-state index is 0.0300. The molecule has 10 heavy (non-hydrogen) atoms. The highest BCUT2D eigenvalue weighted by molar-refractivity contribution is 9.10. The second kappa shape index (κ2) is 4.02. The van der Waals surface area contributed by atoms with Gasteiger partial charge in [-0.1, -0.05) is 15.9 Å². The summed E-state index contributed by atoms with van der Waals surface area (Å²) >= 11 is 3.51. The summed E-state index contributed by atoms with van der Waals surface area (Å²) in [6.07, 6.45) is 1.98. The normalized spacial score (nSPS) is 13.5. The molecule has 1 nitrogen and oxygen atoms in total. The van der Waals surface area contributed by atoms with Gasteiger partial charge in [0, 0.05) is 0 Å². The van der Waals surface area contributed by atoms with Crippen LogP contribution in [0.25, 0.3) is 0 Å². The third-order valence-corrected chi connectivity index (χ3v) is 1.54. The predicted octanol–water partition coefficient (Wildman–Crippen LogP) is 3.10. The van der Waals surface area contributed by atoms with Crippen molar-refractivity contribution in [2.24, 2.45) is 0 Å². The topological polar surface area (TPSA) is 9.23 Å². The molecule has 0 fully saturated rings. The van der Waals surface area contributed by atoms with Gasteiger partial charge < -0.3 is 4.74 Å². The van der Waals surface area contributed by atoms with Crippen molar-refractivity contribution in [1.29, 1.82) is 0 Å². The van der Waals surface area contributed by atoms with Gasteiger partial charge in [-0.15, -0.1) is 0 Å². The summed E-state index contributed by atoms with van der Waals surface area (Å²) in [6.45, 7) is 8.83. The fraction of sp³-hybridized carbons (Fsp3) is 0.750.